The molecule has 3 heteroatoms. The fraction of sp³-hybridized carbons (Fsp3) is 0.533. The average molecular weight is 245 g/mol. The van der Waals surface area contributed by atoms with Crippen LogP contribution in [-0.2, 0) is 0 Å². The van der Waals surface area contributed by atoms with E-state index in [-0.39, 0.29) is 0 Å². The minimum atomic E-state index is 0.721. The summed E-state index contributed by atoms with van der Waals surface area (Å²) in [4.78, 5) is 2.41. The summed E-state index contributed by atoms with van der Waals surface area (Å²) >= 11 is 0. The molecule has 0 heterocycles. The summed E-state index contributed by atoms with van der Waals surface area (Å²) < 4.78 is 0. The van der Waals surface area contributed by atoms with Crippen molar-refractivity contribution in [3.8, 4) is 6.07 Å². The van der Waals surface area contributed by atoms with Gasteiger partial charge < -0.3 is 10.2 Å². The summed E-state index contributed by atoms with van der Waals surface area (Å²) in [5.74, 6) is 0. The van der Waals surface area contributed by atoms with Crippen LogP contribution in [-0.4, -0.2) is 31.1 Å². The van der Waals surface area contributed by atoms with Crippen LogP contribution >= 0.6 is 0 Å². The maximum Gasteiger partial charge on any atom is 0.101 e. The molecule has 0 atom stereocenters. The van der Waals surface area contributed by atoms with Crippen molar-refractivity contribution in [2.24, 2.45) is 0 Å². The minimum Gasteiger partial charge on any atom is -0.383 e. The average Bonchev–Trinajstić information content (AvgIpc) is 2.38. The Labute approximate surface area is 110 Å². The molecular weight excluding hydrogens is 222 g/mol. The number of aryl methyl sites for hydroxylation is 1. The van der Waals surface area contributed by atoms with Gasteiger partial charge >= 0.3 is 0 Å². The van der Waals surface area contributed by atoms with Gasteiger partial charge in [0, 0.05) is 13.1 Å². The van der Waals surface area contributed by atoms with Gasteiger partial charge in [0.25, 0.3) is 0 Å². The maximum absolute atomic E-state index is 9.05. The Kier molecular flexibility index (Phi) is 6.24. The number of anilines is 1. The molecule has 3 nitrogen and oxygen atoms in total. The van der Waals surface area contributed by atoms with E-state index in [2.05, 4.69) is 30.1 Å². The third kappa shape index (κ3) is 4.38. The van der Waals surface area contributed by atoms with Gasteiger partial charge in [-0.3, -0.25) is 0 Å². The van der Waals surface area contributed by atoms with Gasteiger partial charge in [-0.15, -0.1) is 0 Å². The third-order valence-corrected chi connectivity index (χ3v) is 3.03. The maximum atomic E-state index is 9.05. The Morgan fingerprint density at radius 2 is 2.06 bits per heavy atom. The molecule has 0 fully saturated rings. The fourth-order valence-electron chi connectivity index (χ4n) is 1.99. The lowest BCUT2D eigenvalue weighted by Gasteiger charge is -2.20. The van der Waals surface area contributed by atoms with Crippen molar-refractivity contribution in [1.29, 1.82) is 5.26 Å². The zero-order valence-electron chi connectivity index (χ0n) is 11.7. The Hall–Kier alpha value is -1.53. The molecule has 1 aromatic carbocycles. The fourth-order valence-corrected chi connectivity index (χ4v) is 1.99. The van der Waals surface area contributed by atoms with E-state index in [1.807, 2.05) is 25.1 Å². The first-order valence-corrected chi connectivity index (χ1v) is 6.68. The molecule has 0 saturated heterocycles. The number of nitrogens with one attached hydrogen (secondary N) is 1. The van der Waals surface area contributed by atoms with Gasteiger partial charge in [-0.05, 0) is 44.1 Å². The zero-order chi connectivity index (χ0) is 13.4. The Morgan fingerprint density at radius 1 is 1.28 bits per heavy atom. The van der Waals surface area contributed by atoms with E-state index in [0.717, 1.165) is 37.4 Å². The van der Waals surface area contributed by atoms with Crippen LogP contribution in [0.5, 0.6) is 0 Å². The quantitative estimate of drug-likeness (QED) is 0.802. The largest absolute Gasteiger partial charge is 0.383 e. The molecule has 0 aliphatic rings. The second-order valence-corrected chi connectivity index (χ2v) is 4.52. The number of nitriles is 1. The highest BCUT2D eigenvalue weighted by molar-refractivity contribution is 5.58. The summed E-state index contributed by atoms with van der Waals surface area (Å²) in [6.07, 6.45) is 1.18. The summed E-state index contributed by atoms with van der Waals surface area (Å²) in [6.45, 7) is 10.5. The molecular formula is C15H23N3. The van der Waals surface area contributed by atoms with E-state index in [1.54, 1.807) is 0 Å². The Balaban J connectivity index is 2.53. The third-order valence-electron chi connectivity index (χ3n) is 3.03. The zero-order valence-corrected chi connectivity index (χ0v) is 11.7. The molecule has 0 spiro atoms. The minimum absolute atomic E-state index is 0.721. The van der Waals surface area contributed by atoms with Crippen LogP contribution in [0.25, 0.3) is 0 Å². The number of hydrogen-bond donors (Lipinski definition) is 1. The first-order valence-electron chi connectivity index (χ1n) is 6.68. The molecule has 0 radical (unpaired) electrons. The molecule has 0 unspecified atom stereocenters. The Morgan fingerprint density at radius 3 is 2.67 bits per heavy atom. The summed E-state index contributed by atoms with van der Waals surface area (Å²) in [5.41, 5.74) is 2.85. The summed E-state index contributed by atoms with van der Waals surface area (Å²) in [5, 5.41) is 12.4. The van der Waals surface area contributed by atoms with E-state index >= 15 is 0 Å². The predicted octanol–water partition coefficient (Wildman–Crippen LogP) is 3.01. The van der Waals surface area contributed by atoms with Crippen molar-refractivity contribution in [3.63, 3.8) is 0 Å². The first kappa shape index (κ1) is 14.5. The Bertz CT molecular complexity index is 407. The van der Waals surface area contributed by atoms with Gasteiger partial charge in [-0.2, -0.15) is 5.26 Å². The molecule has 1 aromatic rings. The SMILES string of the molecule is CCCN(CC)CCNc1cc(C)ccc1C#N. The predicted molar refractivity (Wildman–Crippen MR) is 76.8 cm³/mol. The van der Waals surface area contributed by atoms with Crippen molar-refractivity contribution in [1.82, 2.24) is 4.90 Å². The van der Waals surface area contributed by atoms with Crippen molar-refractivity contribution in [2.45, 2.75) is 27.2 Å². The normalized spacial score (nSPS) is 10.4. The van der Waals surface area contributed by atoms with Gasteiger partial charge in [-0.1, -0.05) is 19.9 Å². The van der Waals surface area contributed by atoms with Crippen LogP contribution in [0, 0.1) is 18.3 Å². The van der Waals surface area contributed by atoms with Crippen molar-refractivity contribution >= 4 is 5.69 Å². The topological polar surface area (TPSA) is 39.1 Å². The highest BCUT2D eigenvalue weighted by Crippen LogP contribution is 2.16. The lowest BCUT2D eigenvalue weighted by atomic mass is 10.1. The second kappa shape index (κ2) is 7.73. The van der Waals surface area contributed by atoms with Crippen LogP contribution in [0.15, 0.2) is 18.2 Å². The number of hydrogen-bond acceptors (Lipinski definition) is 3. The standard InChI is InChI=1S/C15H23N3/c1-4-9-18(5-2)10-8-17-15-11-13(3)6-7-14(15)12-16/h6-7,11,17H,4-5,8-10H2,1-3H3. The monoisotopic (exact) mass is 245 g/mol. The van der Waals surface area contributed by atoms with Gasteiger partial charge in [-0.25, -0.2) is 0 Å². The summed E-state index contributed by atoms with van der Waals surface area (Å²) in [7, 11) is 0. The van der Waals surface area contributed by atoms with Crippen LogP contribution in [0.1, 0.15) is 31.4 Å². The number of benzene rings is 1. The van der Waals surface area contributed by atoms with E-state index < -0.39 is 0 Å². The van der Waals surface area contributed by atoms with Gasteiger partial charge in [0.15, 0.2) is 0 Å². The smallest absolute Gasteiger partial charge is 0.101 e. The highest BCUT2D eigenvalue weighted by atomic mass is 15.1. The first-order chi connectivity index (χ1) is 8.71. The van der Waals surface area contributed by atoms with E-state index in [1.165, 1.54) is 12.0 Å². The van der Waals surface area contributed by atoms with Crippen LogP contribution < -0.4 is 5.32 Å². The van der Waals surface area contributed by atoms with E-state index in [0.29, 0.717) is 0 Å². The molecule has 1 rings (SSSR count). The molecule has 0 aromatic heterocycles. The number of likely N-dealkylation sites (N-methyl/N-ethyl adjacent to an activating group) is 1. The molecule has 18 heavy (non-hydrogen) atoms. The second-order valence-electron chi connectivity index (χ2n) is 4.52. The number of nitrogens with zero attached hydrogens (tertiary/aromatic N) is 2. The van der Waals surface area contributed by atoms with E-state index in [4.69, 9.17) is 5.26 Å². The molecule has 0 saturated carbocycles. The van der Waals surface area contributed by atoms with Crippen molar-refractivity contribution in [3.05, 3.63) is 29.3 Å². The van der Waals surface area contributed by atoms with Crippen LogP contribution in [0.3, 0.4) is 0 Å². The van der Waals surface area contributed by atoms with Crippen molar-refractivity contribution < 1.29 is 0 Å². The van der Waals surface area contributed by atoms with Gasteiger partial charge in [0.05, 0.1) is 11.3 Å². The number of rotatable bonds is 7. The molecule has 0 bridgehead atoms. The molecule has 0 amide bonds. The van der Waals surface area contributed by atoms with Crippen molar-refractivity contribution in [2.75, 3.05) is 31.5 Å². The molecule has 0 aliphatic heterocycles. The van der Waals surface area contributed by atoms with Gasteiger partial charge in [0.2, 0.25) is 0 Å². The molecule has 0 aliphatic carbocycles. The van der Waals surface area contributed by atoms with Gasteiger partial charge in [0.1, 0.15) is 6.07 Å². The highest BCUT2D eigenvalue weighted by Gasteiger charge is 2.03. The molecule has 1 N–H and O–H groups in total. The lowest BCUT2D eigenvalue weighted by Crippen LogP contribution is -2.29. The van der Waals surface area contributed by atoms with E-state index in [9.17, 15) is 0 Å². The lowest BCUT2D eigenvalue weighted by molar-refractivity contribution is 0.300. The molecule has 98 valence electrons. The van der Waals surface area contributed by atoms with Crippen LogP contribution in [0.4, 0.5) is 5.69 Å². The van der Waals surface area contributed by atoms with Crippen LogP contribution in [0.2, 0.25) is 0 Å². The summed E-state index contributed by atoms with van der Waals surface area (Å²) in [6, 6.07) is 8.11.